The Kier molecular flexibility index (Phi) is 4.57. The first-order valence-electron chi connectivity index (χ1n) is 7.71. The number of ether oxygens (including phenoxy) is 1. The molecule has 1 aliphatic rings. The van der Waals surface area contributed by atoms with Crippen molar-refractivity contribution in [2.45, 2.75) is 25.4 Å². The number of hydrogen-bond donors (Lipinski definition) is 2. The van der Waals surface area contributed by atoms with Gasteiger partial charge in [-0.3, -0.25) is 14.7 Å². The molecule has 3 rings (SSSR count). The number of fused-ring (bicyclic) bond motifs is 1. The van der Waals surface area contributed by atoms with E-state index in [4.69, 9.17) is 9.84 Å². The maximum absolute atomic E-state index is 12.8. The van der Waals surface area contributed by atoms with Crippen molar-refractivity contribution in [3.05, 3.63) is 30.0 Å². The third-order valence-electron chi connectivity index (χ3n) is 4.00. The first kappa shape index (κ1) is 15.5. The summed E-state index contributed by atoms with van der Waals surface area (Å²) in [6, 6.07) is 7.38. The minimum absolute atomic E-state index is 0.0297. The molecule has 0 radical (unpaired) electrons. The van der Waals surface area contributed by atoms with Crippen LogP contribution < -0.4 is 0 Å². The zero-order valence-corrected chi connectivity index (χ0v) is 12.7. The molecule has 7 nitrogen and oxygen atoms in total. The summed E-state index contributed by atoms with van der Waals surface area (Å²) in [7, 11) is 0. The van der Waals surface area contributed by atoms with Gasteiger partial charge in [-0.25, -0.2) is 0 Å². The average Bonchev–Trinajstić information content (AvgIpc) is 3.20. The molecule has 0 saturated carbocycles. The first-order valence-corrected chi connectivity index (χ1v) is 7.71. The van der Waals surface area contributed by atoms with Crippen LogP contribution in [0.15, 0.2) is 24.3 Å². The Morgan fingerprint density at radius 2 is 2.22 bits per heavy atom. The van der Waals surface area contributed by atoms with Gasteiger partial charge >= 0.3 is 5.97 Å². The number of carboxylic acid groups (broad SMARTS) is 1. The van der Waals surface area contributed by atoms with Crippen molar-refractivity contribution in [2.75, 3.05) is 19.7 Å². The predicted molar refractivity (Wildman–Crippen MR) is 83.2 cm³/mol. The zero-order chi connectivity index (χ0) is 16.2. The van der Waals surface area contributed by atoms with Gasteiger partial charge in [-0.2, -0.15) is 5.10 Å². The number of carbonyl (C=O) groups is 2. The average molecular weight is 317 g/mol. The van der Waals surface area contributed by atoms with E-state index in [1.165, 1.54) is 4.90 Å². The molecule has 1 aromatic heterocycles. The Morgan fingerprint density at radius 3 is 2.96 bits per heavy atom. The van der Waals surface area contributed by atoms with Crippen molar-refractivity contribution >= 4 is 22.8 Å². The third-order valence-corrected chi connectivity index (χ3v) is 4.00. The number of aromatic amines is 1. The fourth-order valence-corrected chi connectivity index (χ4v) is 2.82. The lowest BCUT2D eigenvalue weighted by atomic mass is 10.1. The first-order chi connectivity index (χ1) is 11.1. The second-order valence-electron chi connectivity index (χ2n) is 5.65. The Bertz CT molecular complexity index is 706. The molecule has 1 saturated heterocycles. The topological polar surface area (TPSA) is 95.5 Å². The minimum Gasteiger partial charge on any atom is -0.481 e. The maximum Gasteiger partial charge on any atom is 0.305 e. The van der Waals surface area contributed by atoms with Gasteiger partial charge in [-0.1, -0.05) is 18.2 Å². The van der Waals surface area contributed by atoms with Crippen LogP contribution in [0.2, 0.25) is 0 Å². The standard InChI is InChI=1S/C16H19N3O4/c20-14(21)7-8-19(10-11-4-3-9-23-11)16(22)15-12-5-1-2-6-13(12)17-18-15/h1-2,5-6,11H,3-4,7-10H2,(H,17,18)(H,20,21)/t11-/m0/s1. The number of carbonyl (C=O) groups excluding carboxylic acids is 1. The van der Waals surface area contributed by atoms with Crippen LogP contribution in [0, 0.1) is 0 Å². The van der Waals surface area contributed by atoms with Crippen LogP contribution in [0.5, 0.6) is 0 Å². The highest BCUT2D eigenvalue weighted by Crippen LogP contribution is 2.19. The number of benzene rings is 1. The molecule has 0 bridgehead atoms. The summed E-state index contributed by atoms with van der Waals surface area (Å²) in [4.78, 5) is 25.2. The smallest absolute Gasteiger partial charge is 0.305 e. The normalized spacial score (nSPS) is 17.5. The highest BCUT2D eigenvalue weighted by atomic mass is 16.5. The summed E-state index contributed by atoms with van der Waals surface area (Å²) >= 11 is 0. The van der Waals surface area contributed by atoms with Crippen LogP contribution in [-0.2, 0) is 9.53 Å². The Balaban J connectivity index is 1.81. The molecular weight excluding hydrogens is 298 g/mol. The van der Waals surface area contributed by atoms with Crippen LogP contribution >= 0.6 is 0 Å². The van der Waals surface area contributed by atoms with E-state index in [1.54, 1.807) is 0 Å². The Labute approximate surface area is 133 Å². The van der Waals surface area contributed by atoms with Crippen molar-refractivity contribution in [3.8, 4) is 0 Å². The van der Waals surface area contributed by atoms with Gasteiger partial charge in [0, 0.05) is 25.1 Å². The summed E-state index contributed by atoms with van der Waals surface area (Å²) in [6.07, 6.45) is 1.73. The van der Waals surface area contributed by atoms with E-state index in [1.807, 2.05) is 24.3 Å². The second-order valence-corrected chi connectivity index (χ2v) is 5.65. The highest BCUT2D eigenvalue weighted by molar-refractivity contribution is 6.04. The summed E-state index contributed by atoms with van der Waals surface area (Å²) < 4.78 is 5.58. The van der Waals surface area contributed by atoms with Crippen molar-refractivity contribution in [1.82, 2.24) is 15.1 Å². The van der Waals surface area contributed by atoms with E-state index in [-0.39, 0.29) is 25.0 Å². The molecule has 1 atom stereocenters. The maximum atomic E-state index is 12.8. The van der Waals surface area contributed by atoms with Gasteiger partial charge in [0.2, 0.25) is 0 Å². The Morgan fingerprint density at radius 1 is 1.39 bits per heavy atom. The number of aromatic nitrogens is 2. The van der Waals surface area contributed by atoms with E-state index >= 15 is 0 Å². The molecule has 0 spiro atoms. The van der Waals surface area contributed by atoms with Crippen LogP contribution in [0.1, 0.15) is 29.8 Å². The van der Waals surface area contributed by atoms with E-state index in [0.717, 1.165) is 23.7 Å². The van der Waals surface area contributed by atoms with Crippen molar-refractivity contribution in [3.63, 3.8) is 0 Å². The molecule has 2 N–H and O–H groups in total. The van der Waals surface area contributed by atoms with Crippen LogP contribution in [0.3, 0.4) is 0 Å². The SMILES string of the molecule is O=C(O)CCN(C[C@@H]1CCCO1)C(=O)c1n[nH]c2ccccc12. The summed E-state index contributed by atoms with van der Waals surface area (Å²) in [5, 5.41) is 16.6. The molecule has 23 heavy (non-hydrogen) atoms. The lowest BCUT2D eigenvalue weighted by molar-refractivity contribution is -0.137. The molecule has 122 valence electrons. The quantitative estimate of drug-likeness (QED) is 0.845. The van der Waals surface area contributed by atoms with Gasteiger partial charge in [0.05, 0.1) is 18.0 Å². The predicted octanol–water partition coefficient (Wildman–Crippen LogP) is 1.66. The van der Waals surface area contributed by atoms with E-state index < -0.39 is 5.97 Å². The molecule has 0 aliphatic carbocycles. The third kappa shape index (κ3) is 3.50. The fourth-order valence-electron chi connectivity index (χ4n) is 2.82. The number of H-pyrrole nitrogens is 1. The molecule has 7 heteroatoms. The minimum atomic E-state index is -0.929. The Hall–Kier alpha value is -2.41. The number of carboxylic acids is 1. The van der Waals surface area contributed by atoms with Crippen molar-refractivity contribution < 1.29 is 19.4 Å². The monoisotopic (exact) mass is 317 g/mol. The van der Waals surface area contributed by atoms with E-state index in [2.05, 4.69) is 10.2 Å². The number of amides is 1. The summed E-state index contributed by atoms with van der Waals surface area (Å²) in [5.74, 6) is -1.19. The zero-order valence-electron chi connectivity index (χ0n) is 12.7. The van der Waals surface area contributed by atoms with Crippen molar-refractivity contribution in [2.24, 2.45) is 0 Å². The number of para-hydroxylation sites is 1. The molecular formula is C16H19N3O4. The fraction of sp³-hybridized carbons (Fsp3) is 0.438. The lowest BCUT2D eigenvalue weighted by Crippen LogP contribution is -2.39. The number of hydrogen-bond acceptors (Lipinski definition) is 4. The molecule has 1 aliphatic heterocycles. The van der Waals surface area contributed by atoms with Gasteiger partial charge in [-0.05, 0) is 18.9 Å². The lowest BCUT2D eigenvalue weighted by Gasteiger charge is -2.24. The number of nitrogens with zero attached hydrogens (tertiary/aromatic N) is 2. The molecule has 1 fully saturated rings. The molecule has 1 amide bonds. The largest absolute Gasteiger partial charge is 0.481 e. The van der Waals surface area contributed by atoms with Gasteiger partial charge < -0.3 is 14.7 Å². The van der Waals surface area contributed by atoms with Crippen LogP contribution in [0.4, 0.5) is 0 Å². The van der Waals surface area contributed by atoms with Gasteiger partial charge in [0.1, 0.15) is 0 Å². The van der Waals surface area contributed by atoms with Crippen molar-refractivity contribution in [1.29, 1.82) is 0 Å². The van der Waals surface area contributed by atoms with Gasteiger partial charge in [-0.15, -0.1) is 0 Å². The highest BCUT2D eigenvalue weighted by Gasteiger charge is 2.26. The van der Waals surface area contributed by atoms with Gasteiger partial charge in [0.25, 0.3) is 5.91 Å². The summed E-state index contributed by atoms with van der Waals surface area (Å²) in [5.41, 5.74) is 1.11. The van der Waals surface area contributed by atoms with E-state index in [0.29, 0.717) is 18.8 Å². The van der Waals surface area contributed by atoms with Gasteiger partial charge in [0.15, 0.2) is 5.69 Å². The van der Waals surface area contributed by atoms with E-state index in [9.17, 15) is 9.59 Å². The molecule has 2 aromatic rings. The molecule has 1 aromatic carbocycles. The molecule has 0 unspecified atom stereocenters. The number of aliphatic carboxylic acids is 1. The number of rotatable bonds is 6. The van der Waals surface area contributed by atoms with Crippen LogP contribution in [0.25, 0.3) is 10.9 Å². The summed E-state index contributed by atoms with van der Waals surface area (Å²) in [6.45, 7) is 1.24. The van der Waals surface area contributed by atoms with Crippen LogP contribution in [-0.4, -0.2) is 57.9 Å². The number of nitrogens with one attached hydrogen (secondary N) is 1. The molecule has 2 heterocycles. The second kappa shape index (κ2) is 6.78.